The van der Waals surface area contributed by atoms with Gasteiger partial charge in [-0.2, -0.15) is 0 Å². The predicted octanol–water partition coefficient (Wildman–Crippen LogP) is 5.57. The van der Waals surface area contributed by atoms with E-state index in [4.69, 9.17) is 19.8 Å². The van der Waals surface area contributed by atoms with Crippen LogP contribution in [0.2, 0.25) is 0 Å². The van der Waals surface area contributed by atoms with Crippen molar-refractivity contribution in [1.82, 2.24) is 0 Å². The van der Waals surface area contributed by atoms with E-state index >= 15 is 0 Å². The fraction of sp³-hybridized carbons (Fsp3) is 0.619. The molecule has 25 heavy (non-hydrogen) atoms. The van der Waals surface area contributed by atoms with Crippen LogP contribution in [0, 0.1) is 6.92 Å². The molecule has 1 radical (unpaired) electrons. The maximum Gasteiger partial charge on any atom is 0.300 e. The molecule has 0 saturated heterocycles. The van der Waals surface area contributed by atoms with Crippen LogP contribution in [0.4, 0.5) is 0 Å². The van der Waals surface area contributed by atoms with Crippen molar-refractivity contribution in [2.45, 2.75) is 86.7 Å². The third-order valence-electron chi connectivity index (χ3n) is 2.15. The number of hydrogen-bond acceptors (Lipinski definition) is 3. The first-order valence-corrected chi connectivity index (χ1v) is 8.87. The van der Waals surface area contributed by atoms with Gasteiger partial charge in [-0.3, -0.25) is 9.59 Å². The Kier molecular flexibility index (Phi) is 37.6. The van der Waals surface area contributed by atoms with Gasteiger partial charge in [-0.05, 0) is 20.8 Å². The molecule has 0 aliphatic carbocycles. The topological polar surface area (TPSA) is 74.6 Å². The molecule has 0 aromatic heterocycles. The molecular formula is C21H39O4. The van der Waals surface area contributed by atoms with Gasteiger partial charge in [-0.25, -0.2) is 0 Å². The summed E-state index contributed by atoms with van der Waals surface area (Å²) in [6.45, 7) is 12.4. The highest BCUT2D eigenvalue weighted by Crippen LogP contribution is 2.00. The molecule has 0 saturated carbocycles. The number of aliphatic carboxylic acids is 1. The minimum Gasteiger partial charge on any atom is -0.481 e. The normalized spacial score (nSPS) is 8.04. The van der Waals surface area contributed by atoms with Gasteiger partial charge >= 0.3 is 0 Å². The van der Waals surface area contributed by atoms with E-state index in [1.807, 2.05) is 18.2 Å². The lowest BCUT2D eigenvalue weighted by atomic mass is 10.2. The number of carbonyl (C=O) groups is 1. The SMILES string of the molecule is CC(=O)O.CC(C)O.CCCCCCC.C[C]=O.Cc1ccccc1. The van der Waals surface area contributed by atoms with Crippen molar-refractivity contribution >= 4 is 12.3 Å². The van der Waals surface area contributed by atoms with Gasteiger partial charge in [0.2, 0.25) is 0 Å². The van der Waals surface area contributed by atoms with E-state index in [1.165, 1.54) is 50.9 Å². The minimum absolute atomic E-state index is 0.167. The van der Waals surface area contributed by atoms with Crippen LogP contribution in [0.15, 0.2) is 30.3 Å². The van der Waals surface area contributed by atoms with E-state index in [9.17, 15) is 0 Å². The van der Waals surface area contributed by atoms with Crippen LogP contribution in [0.1, 0.15) is 79.2 Å². The molecule has 0 aliphatic heterocycles. The quantitative estimate of drug-likeness (QED) is 0.693. The Labute approximate surface area is 155 Å². The molecule has 0 unspecified atom stereocenters. The summed E-state index contributed by atoms with van der Waals surface area (Å²) in [4.78, 5) is 17.7. The van der Waals surface area contributed by atoms with Crippen molar-refractivity contribution in [2.75, 3.05) is 0 Å². The maximum absolute atomic E-state index is 9.00. The standard InChI is InChI=1S/C7H8.C7H16.C3H8O.C2H4O2.C2H3O/c1-7-5-3-2-4-6-7;1-3-5-7-6-4-2;1-3(2)4;1-2(3)4;1-2-3/h2-6H,1H3;3-7H2,1-2H3;3-4H,1-2H3;1H3,(H,3,4);1H3. The lowest BCUT2D eigenvalue weighted by Gasteiger charge is -1.90. The zero-order valence-electron chi connectivity index (χ0n) is 17.2. The van der Waals surface area contributed by atoms with Crippen molar-refractivity contribution < 1.29 is 19.8 Å². The third-order valence-corrected chi connectivity index (χ3v) is 2.15. The van der Waals surface area contributed by atoms with Crippen LogP contribution < -0.4 is 0 Å². The van der Waals surface area contributed by atoms with E-state index in [0.717, 1.165) is 6.92 Å². The van der Waals surface area contributed by atoms with Gasteiger partial charge in [0.05, 0.1) is 0 Å². The van der Waals surface area contributed by atoms with Crippen LogP contribution in [0.5, 0.6) is 0 Å². The molecule has 0 fully saturated rings. The summed E-state index contributed by atoms with van der Waals surface area (Å²) in [5.74, 6) is -0.833. The third kappa shape index (κ3) is 86.5. The summed E-state index contributed by atoms with van der Waals surface area (Å²) in [5, 5.41) is 15.5. The molecule has 4 nitrogen and oxygen atoms in total. The van der Waals surface area contributed by atoms with E-state index in [0.29, 0.717) is 0 Å². The van der Waals surface area contributed by atoms with Crippen LogP contribution in [0.25, 0.3) is 0 Å². The van der Waals surface area contributed by atoms with Gasteiger partial charge in [-0.15, -0.1) is 0 Å². The summed E-state index contributed by atoms with van der Waals surface area (Å²) in [6.07, 6.45) is 8.34. The van der Waals surface area contributed by atoms with Gasteiger partial charge in [0.15, 0.2) is 6.29 Å². The highest BCUT2D eigenvalue weighted by Gasteiger charge is 1.80. The van der Waals surface area contributed by atoms with Crippen LogP contribution in [-0.2, 0) is 9.59 Å². The van der Waals surface area contributed by atoms with Gasteiger partial charge in [0.1, 0.15) is 0 Å². The van der Waals surface area contributed by atoms with Crippen LogP contribution in [-0.4, -0.2) is 28.6 Å². The Balaban J connectivity index is -0.000000115. The van der Waals surface area contributed by atoms with Gasteiger partial charge in [0, 0.05) is 20.0 Å². The number of rotatable bonds is 4. The van der Waals surface area contributed by atoms with E-state index in [2.05, 4.69) is 32.9 Å². The molecule has 4 heteroatoms. The average Bonchev–Trinajstić information content (AvgIpc) is 2.49. The molecule has 2 N–H and O–H groups in total. The molecule has 147 valence electrons. The molecule has 1 aromatic carbocycles. The Bertz CT molecular complexity index is 337. The molecule has 0 aliphatic rings. The van der Waals surface area contributed by atoms with E-state index in [1.54, 1.807) is 13.8 Å². The highest BCUT2D eigenvalue weighted by atomic mass is 16.4. The zero-order chi connectivity index (χ0) is 20.5. The number of hydrogen-bond donors (Lipinski definition) is 2. The number of carboxylic acids is 1. The monoisotopic (exact) mass is 355 g/mol. The Hall–Kier alpha value is -1.68. The molecule has 1 aromatic rings. The largest absolute Gasteiger partial charge is 0.481 e. The lowest BCUT2D eigenvalue weighted by molar-refractivity contribution is -0.134. The fourth-order valence-electron chi connectivity index (χ4n) is 1.21. The molecule has 0 spiro atoms. The fourth-order valence-corrected chi connectivity index (χ4v) is 1.21. The predicted molar refractivity (Wildman–Crippen MR) is 108 cm³/mol. The lowest BCUT2D eigenvalue weighted by Crippen LogP contribution is -1.85. The first-order valence-electron chi connectivity index (χ1n) is 8.87. The maximum atomic E-state index is 9.00. The second-order valence-corrected chi connectivity index (χ2v) is 5.53. The van der Waals surface area contributed by atoms with Crippen molar-refractivity contribution in [1.29, 1.82) is 0 Å². The van der Waals surface area contributed by atoms with Crippen molar-refractivity contribution in [3.05, 3.63) is 35.9 Å². The van der Waals surface area contributed by atoms with Crippen molar-refractivity contribution in [3.8, 4) is 0 Å². The van der Waals surface area contributed by atoms with Crippen molar-refractivity contribution in [2.24, 2.45) is 0 Å². The summed E-state index contributed by atoms with van der Waals surface area (Å²) in [7, 11) is 0. The first kappa shape index (κ1) is 31.1. The van der Waals surface area contributed by atoms with Crippen molar-refractivity contribution in [3.63, 3.8) is 0 Å². The molecule has 0 heterocycles. The van der Waals surface area contributed by atoms with Gasteiger partial charge < -0.3 is 10.2 Å². The summed E-state index contributed by atoms with van der Waals surface area (Å²) < 4.78 is 0. The van der Waals surface area contributed by atoms with E-state index in [-0.39, 0.29) is 6.10 Å². The van der Waals surface area contributed by atoms with Crippen LogP contribution >= 0.6 is 0 Å². The molecule has 0 bridgehead atoms. The smallest absolute Gasteiger partial charge is 0.300 e. The molecule has 1 rings (SSSR count). The second-order valence-electron chi connectivity index (χ2n) is 5.53. The number of aryl methyl sites for hydroxylation is 1. The summed E-state index contributed by atoms with van der Waals surface area (Å²) in [5.41, 5.74) is 1.32. The molecular weight excluding hydrogens is 316 g/mol. The Morgan fingerprint density at radius 2 is 1.32 bits per heavy atom. The second kappa shape index (κ2) is 30.2. The van der Waals surface area contributed by atoms with Gasteiger partial charge in [-0.1, -0.05) is 81.8 Å². The number of carbonyl (C=O) groups excluding carboxylic acids is 1. The average molecular weight is 356 g/mol. The Morgan fingerprint density at radius 3 is 1.48 bits per heavy atom. The number of benzene rings is 1. The minimum atomic E-state index is -0.833. The van der Waals surface area contributed by atoms with Crippen LogP contribution in [0.3, 0.4) is 0 Å². The zero-order valence-corrected chi connectivity index (χ0v) is 17.2. The number of aliphatic hydroxyl groups excluding tert-OH is 1. The number of carboxylic acid groups (broad SMARTS) is 1. The summed E-state index contributed by atoms with van der Waals surface area (Å²) >= 11 is 0. The number of aliphatic hydroxyl groups is 1. The molecule has 0 amide bonds. The first-order chi connectivity index (χ1) is 11.7. The highest BCUT2D eigenvalue weighted by molar-refractivity contribution is 5.62. The molecule has 0 atom stereocenters. The Morgan fingerprint density at radius 1 is 1.04 bits per heavy atom. The van der Waals surface area contributed by atoms with E-state index < -0.39 is 5.97 Å². The summed E-state index contributed by atoms with van der Waals surface area (Å²) in [6, 6.07) is 10.3. The number of unbranched alkanes of at least 4 members (excludes halogenated alkanes) is 4. The van der Waals surface area contributed by atoms with Gasteiger partial charge in [0.25, 0.3) is 5.97 Å².